The van der Waals surface area contributed by atoms with Gasteiger partial charge in [-0.1, -0.05) is 35.4 Å². The molecule has 0 amide bonds. The van der Waals surface area contributed by atoms with Gasteiger partial charge in [0.1, 0.15) is 0 Å². The Balaban J connectivity index is 1.62. The third-order valence-electron chi connectivity index (χ3n) is 5.80. The van der Waals surface area contributed by atoms with Crippen LogP contribution in [0.2, 0.25) is 0 Å². The van der Waals surface area contributed by atoms with Crippen molar-refractivity contribution in [2.75, 3.05) is 26.2 Å². The lowest BCUT2D eigenvalue weighted by Crippen LogP contribution is -2.63. The predicted octanol–water partition coefficient (Wildman–Crippen LogP) is 2.16. The van der Waals surface area contributed by atoms with Gasteiger partial charge in [0.05, 0.1) is 21.9 Å². The number of fused-ring (bicyclic) bond motifs is 2. The molecule has 2 aromatic carbocycles. The van der Waals surface area contributed by atoms with Crippen LogP contribution in [0.3, 0.4) is 0 Å². The fraction of sp³-hybridized carbons (Fsp3) is 0.429. The van der Waals surface area contributed by atoms with Crippen LogP contribution in [-0.4, -0.2) is 64.4 Å². The van der Waals surface area contributed by atoms with Crippen LogP contribution in [0.15, 0.2) is 58.3 Å². The van der Waals surface area contributed by atoms with Crippen molar-refractivity contribution in [1.29, 1.82) is 0 Å². The molecule has 0 N–H and O–H groups in total. The molecule has 0 aromatic heterocycles. The molecule has 2 heterocycles. The third kappa shape index (κ3) is 4.17. The molecular weight excluding hydrogens is 424 g/mol. The zero-order valence-electron chi connectivity index (χ0n) is 17.1. The fourth-order valence-corrected chi connectivity index (χ4v) is 6.80. The lowest BCUT2D eigenvalue weighted by Gasteiger charge is -2.47. The normalized spacial score (nSPS) is 25.2. The summed E-state index contributed by atoms with van der Waals surface area (Å²) < 4.78 is 59.3. The number of hydrogen-bond acceptors (Lipinski definition) is 6. The van der Waals surface area contributed by atoms with Crippen molar-refractivity contribution in [2.45, 2.75) is 42.2 Å². The van der Waals surface area contributed by atoms with Crippen LogP contribution in [0.4, 0.5) is 0 Å². The Labute approximate surface area is 178 Å². The summed E-state index contributed by atoms with van der Waals surface area (Å²) in [5.74, 6) is 0. The largest absolute Gasteiger partial charge is 0.300 e. The van der Waals surface area contributed by atoms with Gasteiger partial charge in [-0.05, 0) is 44.5 Å². The Hall–Kier alpha value is -1.78. The standard InChI is InChI=1S/C21H26N2O5S2/c1-16-3-7-18(8-4-16)29(24,25)23-14-13-22-12-11-21(20(23)15-22)28-30(26,27)19-9-5-17(2)6-10-19/h3-10,20-21H,11-15H2,1-2H3/t20-,21+/m0/s1. The summed E-state index contributed by atoms with van der Waals surface area (Å²) in [7, 11) is -7.75. The monoisotopic (exact) mass is 450 g/mol. The van der Waals surface area contributed by atoms with Gasteiger partial charge in [0.15, 0.2) is 0 Å². The Morgan fingerprint density at radius 2 is 1.37 bits per heavy atom. The van der Waals surface area contributed by atoms with E-state index in [0.717, 1.165) is 11.1 Å². The highest BCUT2D eigenvalue weighted by molar-refractivity contribution is 7.89. The van der Waals surface area contributed by atoms with Crippen LogP contribution >= 0.6 is 0 Å². The summed E-state index contributed by atoms with van der Waals surface area (Å²) in [5.41, 5.74) is 1.92. The summed E-state index contributed by atoms with van der Waals surface area (Å²) >= 11 is 0. The van der Waals surface area contributed by atoms with E-state index in [1.165, 1.54) is 16.4 Å². The molecule has 0 spiro atoms. The van der Waals surface area contributed by atoms with Crippen LogP contribution in [0.5, 0.6) is 0 Å². The second-order valence-electron chi connectivity index (χ2n) is 7.99. The molecule has 2 bridgehead atoms. The summed E-state index contributed by atoms with van der Waals surface area (Å²) in [6, 6.07) is 12.6. The average molecular weight is 451 g/mol. The number of piperidine rings is 1. The van der Waals surface area contributed by atoms with Gasteiger partial charge in [-0.2, -0.15) is 12.7 Å². The minimum Gasteiger partial charge on any atom is -0.300 e. The zero-order chi connectivity index (χ0) is 21.5. The zero-order valence-corrected chi connectivity index (χ0v) is 18.7. The number of hydrogen-bond donors (Lipinski definition) is 0. The van der Waals surface area contributed by atoms with Crippen LogP contribution in [0.1, 0.15) is 17.5 Å². The summed E-state index contributed by atoms with van der Waals surface area (Å²) in [6.07, 6.45) is -0.275. The molecule has 1 unspecified atom stereocenters. The van der Waals surface area contributed by atoms with Crippen molar-refractivity contribution < 1.29 is 21.0 Å². The predicted molar refractivity (Wildman–Crippen MR) is 113 cm³/mol. The SMILES string of the molecule is Cc1ccc(S(=O)(=O)O[C@@H]2CCN3CCN(S(=O)(=O)c4ccc(C)cc4)[C@H]2C3)cc1. The molecule has 2 aliphatic rings. The number of rotatable bonds is 5. The molecule has 3 atom stereocenters. The second kappa shape index (κ2) is 8.05. The number of benzene rings is 2. The smallest absolute Gasteiger partial charge is 0.297 e. The molecule has 162 valence electrons. The number of piperazine rings is 1. The van der Waals surface area contributed by atoms with Gasteiger partial charge in [-0.15, -0.1) is 0 Å². The second-order valence-corrected chi connectivity index (χ2v) is 11.4. The molecule has 0 radical (unpaired) electrons. The first kappa shape index (κ1) is 21.5. The fourth-order valence-electron chi connectivity index (χ4n) is 4.04. The summed E-state index contributed by atoms with van der Waals surface area (Å²) in [5, 5.41) is 0. The van der Waals surface area contributed by atoms with E-state index >= 15 is 0 Å². The van der Waals surface area contributed by atoms with Crippen molar-refractivity contribution in [3.63, 3.8) is 0 Å². The average Bonchev–Trinajstić information content (AvgIpc) is 2.71. The van der Waals surface area contributed by atoms with Crippen molar-refractivity contribution in [2.24, 2.45) is 0 Å². The first-order valence-corrected chi connectivity index (χ1v) is 12.8. The molecule has 2 saturated heterocycles. The maximum Gasteiger partial charge on any atom is 0.297 e. The lowest BCUT2D eigenvalue weighted by atomic mass is 10.00. The van der Waals surface area contributed by atoms with Crippen LogP contribution < -0.4 is 0 Å². The molecule has 0 aliphatic carbocycles. The van der Waals surface area contributed by atoms with Gasteiger partial charge in [0.25, 0.3) is 10.1 Å². The first-order valence-electron chi connectivity index (χ1n) is 9.98. The van der Waals surface area contributed by atoms with Crippen molar-refractivity contribution >= 4 is 20.1 Å². The van der Waals surface area contributed by atoms with Crippen LogP contribution in [-0.2, 0) is 24.3 Å². The van der Waals surface area contributed by atoms with E-state index in [1.54, 1.807) is 36.4 Å². The van der Waals surface area contributed by atoms with Crippen molar-refractivity contribution in [1.82, 2.24) is 9.21 Å². The molecule has 7 nitrogen and oxygen atoms in total. The van der Waals surface area contributed by atoms with E-state index in [0.29, 0.717) is 32.6 Å². The lowest BCUT2D eigenvalue weighted by molar-refractivity contribution is 0.00455. The van der Waals surface area contributed by atoms with Gasteiger partial charge < -0.3 is 4.90 Å². The van der Waals surface area contributed by atoms with E-state index < -0.39 is 32.3 Å². The number of nitrogens with zero attached hydrogens (tertiary/aromatic N) is 2. The van der Waals surface area contributed by atoms with E-state index in [9.17, 15) is 16.8 Å². The van der Waals surface area contributed by atoms with E-state index in [2.05, 4.69) is 4.90 Å². The summed E-state index contributed by atoms with van der Waals surface area (Å²) in [4.78, 5) is 2.45. The molecule has 2 aromatic rings. The van der Waals surface area contributed by atoms with Gasteiger partial charge in [0, 0.05) is 26.2 Å². The minimum atomic E-state index is -3.99. The van der Waals surface area contributed by atoms with E-state index in [-0.39, 0.29) is 9.79 Å². The Bertz CT molecular complexity index is 1110. The topological polar surface area (TPSA) is 84.0 Å². The number of aryl methyl sites for hydroxylation is 2. The van der Waals surface area contributed by atoms with Crippen LogP contribution in [0.25, 0.3) is 0 Å². The van der Waals surface area contributed by atoms with Gasteiger partial charge in [-0.25, -0.2) is 8.42 Å². The quantitative estimate of drug-likeness (QED) is 0.649. The molecule has 4 rings (SSSR count). The molecular formula is C21H26N2O5S2. The van der Waals surface area contributed by atoms with Gasteiger partial charge in [-0.3, -0.25) is 4.18 Å². The van der Waals surface area contributed by atoms with Gasteiger partial charge >= 0.3 is 0 Å². The van der Waals surface area contributed by atoms with Crippen LogP contribution in [0, 0.1) is 13.8 Å². The van der Waals surface area contributed by atoms with E-state index in [4.69, 9.17) is 4.18 Å². The first-order chi connectivity index (χ1) is 14.2. The third-order valence-corrected chi connectivity index (χ3v) is 9.09. The number of sulfonamides is 1. The highest BCUT2D eigenvalue weighted by Gasteiger charge is 2.45. The Morgan fingerprint density at radius 3 is 1.97 bits per heavy atom. The van der Waals surface area contributed by atoms with Gasteiger partial charge in [0.2, 0.25) is 10.0 Å². The highest BCUT2D eigenvalue weighted by atomic mass is 32.2. The highest BCUT2D eigenvalue weighted by Crippen LogP contribution is 2.30. The molecule has 0 saturated carbocycles. The molecule has 2 aliphatic heterocycles. The summed E-state index contributed by atoms with van der Waals surface area (Å²) in [6.45, 7) is 5.85. The molecule has 2 fully saturated rings. The van der Waals surface area contributed by atoms with Crippen molar-refractivity contribution in [3.8, 4) is 0 Å². The maximum atomic E-state index is 13.3. The minimum absolute atomic E-state index is 0.0827. The van der Waals surface area contributed by atoms with E-state index in [1.807, 2.05) is 13.8 Å². The Kier molecular flexibility index (Phi) is 5.75. The van der Waals surface area contributed by atoms with Crippen molar-refractivity contribution in [3.05, 3.63) is 59.7 Å². The maximum absolute atomic E-state index is 13.3. The molecule has 30 heavy (non-hydrogen) atoms. The molecule has 9 heteroatoms. The Morgan fingerprint density at radius 1 is 0.800 bits per heavy atom.